The van der Waals surface area contributed by atoms with Gasteiger partial charge in [0.2, 0.25) is 0 Å². The molecule has 0 spiro atoms. The molecule has 1 aliphatic heterocycles. The molecule has 1 amide bonds. The zero-order valence-electron chi connectivity index (χ0n) is 21.0. The van der Waals surface area contributed by atoms with Crippen LogP contribution in [0.15, 0.2) is 17.2 Å². The first-order chi connectivity index (χ1) is 17.3. The van der Waals surface area contributed by atoms with Crippen molar-refractivity contribution in [3.8, 4) is 0 Å². The molecule has 7 rings (SSSR count). The van der Waals surface area contributed by atoms with Crippen molar-refractivity contribution in [2.75, 3.05) is 18.0 Å². The van der Waals surface area contributed by atoms with E-state index in [0.29, 0.717) is 35.1 Å². The summed E-state index contributed by atoms with van der Waals surface area (Å²) < 4.78 is 0. The second-order valence-electron chi connectivity index (χ2n) is 12.3. The van der Waals surface area contributed by atoms with Crippen LogP contribution >= 0.6 is 11.8 Å². The van der Waals surface area contributed by atoms with Gasteiger partial charge in [0, 0.05) is 30.8 Å². The van der Waals surface area contributed by atoms with E-state index in [9.17, 15) is 19.8 Å². The number of aromatic nitrogens is 1. The fraction of sp³-hybridized carbons (Fsp3) is 0.750. The smallest absolute Gasteiger partial charge is 0.303 e. The van der Waals surface area contributed by atoms with Gasteiger partial charge in [-0.25, -0.2) is 4.98 Å². The van der Waals surface area contributed by atoms with Gasteiger partial charge >= 0.3 is 5.97 Å². The van der Waals surface area contributed by atoms with E-state index in [1.807, 2.05) is 12.1 Å². The van der Waals surface area contributed by atoms with Crippen molar-refractivity contribution in [1.82, 2.24) is 10.3 Å². The van der Waals surface area contributed by atoms with E-state index in [4.69, 9.17) is 4.98 Å². The fourth-order valence-electron chi connectivity index (χ4n) is 8.17. The normalized spacial score (nSPS) is 35.8. The second-order valence-corrected chi connectivity index (χ2v) is 13.6. The van der Waals surface area contributed by atoms with Gasteiger partial charge in [0.05, 0.1) is 11.2 Å². The Labute approximate surface area is 217 Å². The summed E-state index contributed by atoms with van der Waals surface area (Å²) >= 11 is 1.75. The summed E-state index contributed by atoms with van der Waals surface area (Å²) in [6.07, 6.45) is 11.7. The number of carboxylic acids is 1. The summed E-state index contributed by atoms with van der Waals surface area (Å²) in [6.45, 7) is 1.57. The molecule has 3 atom stereocenters. The van der Waals surface area contributed by atoms with Crippen LogP contribution in [-0.4, -0.2) is 57.1 Å². The van der Waals surface area contributed by atoms with E-state index in [-0.39, 0.29) is 24.3 Å². The highest BCUT2D eigenvalue weighted by atomic mass is 32.2. The quantitative estimate of drug-likeness (QED) is 0.494. The van der Waals surface area contributed by atoms with Gasteiger partial charge in [-0.15, -0.1) is 11.8 Å². The van der Waals surface area contributed by atoms with Gasteiger partial charge in [0.15, 0.2) is 0 Å². The lowest BCUT2D eigenvalue weighted by molar-refractivity contribution is -0.138. The van der Waals surface area contributed by atoms with Crippen molar-refractivity contribution in [3.05, 3.63) is 17.7 Å². The Hall–Kier alpha value is -1.80. The maximum Gasteiger partial charge on any atom is 0.303 e. The Morgan fingerprint density at radius 1 is 1.08 bits per heavy atom. The maximum absolute atomic E-state index is 13.7. The molecule has 2 unspecified atom stereocenters. The molecule has 5 aliphatic carbocycles. The molecular weight excluding hydrogens is 474 g/mol. The number of aliphatic carboxylic acids is 1. The Balaban J connectivity index is 1.21. The molecule has 8 heteroatoms. The lowest BCUT2D eigenvalue weighted by Gasteiger charge is -2.58. The van der Waals surface area contributed by atoms with Crippen LogP contribution in [0.25, 0.3) is 0 Å². The number of carbonyl (C=O) groups is 2. The highest BCUT2D eigenvalue weighted by Gasteiger charge is 2.55. The first kappa shape index (κ1) is 24.5. The van der Waals surface area contributed by atoms with Crippen LogP contribution in [0.2, 0.25) is 0 Å². The van der Waals surface area contributed by atoms with E-state index >= 15 is 0 Å². The van der Waals surface area contributed by atoms with Crippen molar-refractivity contribution < 1.29 is 19.8 Å². The lowest BCUT2D eigenvalue weighted by atomic mass is 9.52. The van der Waals surface area contributed by atoms with Crippen molar-refractivity contribution in [2.45, 2.75) is 99.0 Å². The van der Waals surface area contributed by atoms with Gasteiger partial charge in [-0.1, -0.05) is 12.8 Å². The number of rotatable bonds is 7. The summed E-state index contributed by atoms with van der Waals surface area (Å²) in [7, 11) is 0. The Kier molecular flexibility index (Phi) is 6.69. The number of aliphatic hydroxyl groups is 1. The van der Waals surface area contributed by atoms with Gasteiger partial charge in [0.1, 0.15) is 10.8 Å². The molecule has 1 aromatic heterocycles. The summed E-state index contributed by atoms with van der Waals surface area (Å²) in [6, 6.07) is 4.05. The van der Waals surface area contributed by atoms with Gasteiger partial charge < -0.3 is 20.4 Å². The van der Waals surface area contributed by atoms with Crippen molar-refractivity contribution in [1.29, 1.82) is 0 Å². The van der Waals surface area contributed by atoms with Gasteiger partial charge in [0.25, 0.3) is 5.91 Å². The molecule has 3 N–H and O–H groups in total. The average Bonchev–Trinajstić information content (AvgIpc) is 3.33. The second kappa shape index (κ2) is 9.82. The summed E-state index contributed by atoms with van der Waals surface area (Å²) in [4.78, 5) is 32.2. The van der Waals surface area contributed by atoms with E-state index in [1.165, 1.54) is 12.8 Å². The standard InChI is InChI=1S/C28H39N3O4S/c32-24(33)12-17-4-3-9-31(16-17)23-8-7-22(27(29-23)36-21-5-1-2-6-21)26(34)30-25-19-10-18-11-20(25)15-28(35,13-18)14-19/h7-8,17-21,25,35H,1-6,9-16H2,(H,30,34)(H,32,33)/t17-,18?,19?,20?,25?,28?/m0/s1. The molecule has 1 saturated heterocycles. The molecule has 7 nitrogen and oxygen atoms in total. The number of carboxylic acid groups (broad SMARTS) is 1. The number of pyridine rings is 1. The van der Waals surface area contributed by atoms with E-state index in [1.54, 1.807) is 11.8 Å². The zero-order chi connectivity index (χ0) is 24.9. The minimum atomic E-state index is -0.740. The largest absolute Gasteiger partial charge is 0.481 e. The molecule has 2 heterocycles. The van der Waals surface area contributed by atoms with Crippen LogP contribution in [0.3, 0.4) is 0 Å². The van der Waals surface area contributed by atoms with E-state index < -0.39 is 11.6 Å². The third kappa shape index (κ3) is 5.00. The third-order valence-electron chi connectivity index (χ3n) is 9.52. The molecule has 196 valence electrons. The van der Waals surface area contributed by atoms with Crippen LogP contribution in [-0.2, 0) is 4.79 Å². The van der Waals surface area contributed by atoms with Gasteiger partial charge in [-0.05, 0) is 93.6 Å². The number of thioether (sulfide) groups is 1. The Morgan fingerprint density at radius 3 is 2.53 bits per heavy atom. The minimum absolute atomic E-state index is 0.0265. The number of nitrogens with zero attached hydrogens (tertiary/aromatic N) is 2. The predicted octanol–water partition coefficient (Wildman–Crippen LogP) is 4.48. The van der Waals surface area contributed by atoms with Crippen molar-refractivity contribution in [3.63, 3.8) is 0 Å². The molecule has 4 bridgehead atoms. The minimum Gasteiger partial charge on any atom is -0.481 e. The molecule has 5 saturated carbocycles. The first-order valence-electron chi connectivity index (χ1n) is 14.0. The molecule has 6 aliphatic rings. The highest BCUT2D eigenvalue weighted by molar-refractivity contribution is 7.99. The average molecular weight is 514 g/mol. The van der Waals surface area contributed by atoms with Crippen LogP contribution in [0, 0.1) is 23.7 Å². The topological polar surface area (TPSA) is 103 Å². The molecule has 0 radical (unpaired) electrons. The highest BCUT2D eigenvalue weighted by Crippen LogP contribution is 2.55. The van der Waals surface area contributed by atoms with Gasteiger partial charge in [-0.3, -0.25) is 9.59 Å². The Bertz CT molecular complexity index is 997. The van der Waals surface area contributed by atoms with Crippen LogP contribution in [0.5, 0.6) is 0 Å². The molecule has 1 aromatic rings. The lowest BCUT2D eigenvalue weighted by Crippen LogP contribution is -2.61. The van der Waals surface area contributed by atoms with Crippen molar-refractivity contribution >= 4 is 29.5 Å². The first-order valence-corrected chi connectivity index (χ1v) is 14.9. The molecule has 6 fully saturated rings. The van der Waals surface area contributed by atoms with Crippen molar-refractivity contribution in [2.24, 2.45) is 23.7 Å². The monoisotopic (exact) mass is 513 g/mol. The number of nitrogens with one attached hydrogen (secondary N) is 1. The number of amides is 1. The van der Waals surface area contributed by atoms with Gasteiger partial charge in [-0.2, -0.15) is 0 Å². The summed E-state index contributed by atoms with van der Waals surface area (Å²) in [5.41, 5.74) is 0.166. The third-order valence-corrected chi connectivity index (χ3v) is 10.9. The van der Waals surface area contributed by atoms with E-state index in [0.717, 1.165) is 75.2 Å². The predicted molar refractivity (Wildman–Crippen MR) is 139 cm³/mol. The Morgan fingerprint density at radius 2 is 1.83 bits per heavy atom. The van der Waals surface area contributed by atoms with Crippen LogP contribution in [0.4, 0.5) is 5.82 Å². The summed E-state index contributed by atoms with van der Waals surface area (Å²) in [5, 5.41) is 24.9. The number of piperidine rings is 1. The molecule has 36 heavy (non-hydrogen) atoms. The zero-order valence-corrected chi connectivity index (χ0v) is 21.8. The fourth-order valence-corrected chi connectivity index (χ4v) is 9.49. The number of carbonyl (C=O) groups excluding carboxylic acids is 1. The van der Waals surface area contributed by atoms with E-state index in [2.05, 4.69) is 10.2 Å². The van der Waals surface area contributed by atoms with Crippen LogP contribution < -0.4 is 10.2 Å². The number of hydrogen-bond acceptors (Lipinski definition) is 6. The molecular formula is C28H39N3O4S. The summed E-state index contributed by atoms with van der Waals surface area (Å²) in [5.74, 6) is 1.60. The SMILES string of the molecule is O=C(O)C[C@@H]1CCCN(c2ccc(C(=O)NC3C4CC5CC3CC(O)(C5)C4)c(SC3CCCC3)n2)C1. The van der Waals surface area contributed by atoms with Crippen LogP contribution in [0.1, 0.15) is 87.4 Å². The maximum atomic E-state index is 13.7. The molecule has 0 aromatic carbocycles. The number of hydrogen-bond donors (Lipinski definition) is 3. The number of anilines is 1.